The lowest BCUT2D eigenvalue weighted by Crippen LogP contribution is -2.51. The number of nitriles is 1. The number of benzene rings is 3. The molecule has 0 spiro atoms. The summed E-state index contributed by atoms with van der Waals surface area (Å²) in [6, 6.07) is 21.7. The molecule has 0 aliphatic carbocycles. The van der Waals surface area contributed by atoms with Crippen molar-refractivity contribution in [2.45, 2.75) is 90.6 Å². The van der Waals surface area contributed by atoms with E-state index in [1.807, 2.05) is 31.2 Å². The number of nitrogens with zero attached hydrogens (tertiary/aromatic N) is 3. The Bertz CT molecular complexity index is 1740. The van der Waals surface area contributed by atoms with Crippen LogP contribution in [0.5, 0.6) is 5.75 Å². The number of ether oxygens (including phenoxy) is 1. The second-order valence-corrected chi connectivity index (χ2v) is 13.0. The number of nitrogens with one attached hydrogen (secondary N) is 2. The van der Waals surface area contributed by atoms with Crippen molar-refractivity contribution in [3.05, 3.63) is 107 Å². The number of amides is 2. The smallest absolute Gasteiger partial charge is 0.325 e. The van der Waals surface area contributed by atoms with Gasteiger partial charge in [0.2, 0.25) is 5.91 Å². The van der Waals surface area contributed by atoms with Crippen LogP contribution in [0.3, 0.4) is 0 Å². The maximum absolute atomic E-state index is 13.2. The fraction of sp³-hybridized carbons (Fsp3) is 0.366. The molecule has 10 heteroatoms. The van der Waals surface area contributed by atoms with Crippen molar-refractivity contribution in [1.29, 1.82) is 5.26 Å². The number of allylic oxidation sites excluding steroid dienone is 1. The Labute approximate surface area is 301 Å². The molecule has 3 rings (SSSR count). The number of hydrogen-bond acceptors (Lipinski definition) is 6. The maximum Gasteiger partial charge on any atom is 0.325 e. The van der Waals surface area contributed by atoms with E-state index in [2.05, 4.69) is 40.3 Å². The van der Waals surface area contributed by atoms with Crippen molar-refractivity contribution in [2.24, 2.45) is 9.98 Å². The summed E-state index contributed by atoms with van der Waals surface area (Å²) in [6.45, 7) is 13.5. The minimum atomic E-state index is -1.20. The monoisotopic (exact) mass is 691 g/mol. The molecule has 10 nitrogen and oxygen atoms in total. The fourth-order valence-corrected chi connectivity index (χ4v) is 5.10. The third-order valence-corrected chi connectivity index (χ3v) is 8.51. The second kappa shape index (κ2) is 19.6. The lowest BCUT2D eigenvalue weighted by atomic mass is 9.86. The summed E-state index contributed by atoms with van der Waals surface area (Å²) in [5.41, 5.74) is 3.66. The van der Waals surface area contributed by atoms with Crippen LogP contribution in [0.1, 0.15) is 99.3 Å². The molecule has 51 heavy (non-hydrogen) atoms. The zero-order chi connectivity index (χ0) is 37.4. The average molecular weight is 692 g/mol. The Balaban J connectivity index is 1.71. The van der Waals surface area contributed by atoms with Crippen LogP contribution in [-0.2, 0) is 21.4 Å². The predicted octanol–water partition coefficient (Wildman–Crippen LogP) is 7.28. The summed E-state index contributed by atoms with van der Waals surface area (Å²) in [7, 11) is 0. The van der Waals surface area contributed by atoms with Gasteiger partial charge in [0.1, 0.15) is 17.8 Å². The summed E-state index contributed by atoms with van der Waals surface area (Å²) >= 11 is 0. The number of carboxylic acids is 1. The molecule has 0 saturated carbocycles. The Morgan fingerprint density at radius 3 is 2.12 bits per heavy atom. The minimum Gasteiger partial charge on any atom is -0.494 e. The molecule has 0 aromatic heterocycles. The third-order valence-electron chi connectivity index (χ3n) is 8.51. The highest BCUT2D eigenvalue weighted by Crippen LogP contribution is 2.23. The van der Waals surface area contributed by atoms with Crippen molar-refractivity contribution in [2.75, 3.05) is 6.61 Å². The van der Waals surface area contributed by atoms with Crippen LogP contribution < -0.4 is 15.4 Å². The van der Waals surface area contributed by atoms with Gasteiger partial charge in [0.05, 0.1) is 18.1 Å². The van der Waals surface area contributed by atoms with E-state index in [9.17, 15) is 24.8 Å². The van der Waals surface area contributed by atoms with E-state index in [-0.39, 0.29) is 6.42 Å². The summed E-state index contributed by atoms with van der Waals surface area (Å²) in [5, 5.41) is 23.9. The van der Waals surface area contributed by atoms with Crippen molar-refractivity contribution < 1.29 is 24.2 Å². The predicted molar refractivity (Wildman–Crippen MR) is 202 cm³/mol. The number of carboxylic acid groups (broad SMARTS) is 1. The van der Waals surface area contributed by atoms with E-state index in [4.69, 9.17) is 4.74 Å². The Morgan fingerprint density at radius 2 is 1.53 bits per heavy atom. The number of carbonyl (C=O) groups excluding carboxylic acids is 2. The van der Waals surface area contributed by atoms with Gasteiger partial charge in [-0.15, -0.1) is 0 Å². The molecule has 0 radical (unpaired) electrons. The molecule has 2 amide bonds. The highest BCUT2D eigenvalue weighted by atomic mass is 16.5. The SMILES string of the molecule is C=NC(=N/C=C(\C)c1ccc(OCCCCCCC)cc1)c1ccc(C[C@H](NC(=O)c2ccc(C(C)(C)C#N)cc2)C(=O)N[C@H](C)C(=O)O)cc1. The maximum atomic E-state index is 13.2. The van der Waals surface area contributed by atoms with Crippen LogP contribution in [0.15, 0.2) is 89.0 Å². The molecule has 268 valence electrons. The van der Waals surface area contributed by atoms with Crippen LogP contribution in [0.2, 0.25) is 0 Å². The average Bonchev–Trinajstić information content (AvgIpc) is 3.13. The van der Waals surface area contributed by atoms with Gasteiger partial charge in [0, 0.05) is 23.7 Å². The molecular formula is C41H49N5O5. The topological polar surface area (TPSA) is 153 Å². The lowest BCUT2D eigenvalue weighted by molar-refractivity contribution is -0.141. The molecule has 0 saturated heterocycles. The quantitative estimate of drug-likeness (QED) is 0.0724. The molecular weight excluding hydrogens is 642 g/mol. The highest BCUT2D eigenvalue weighted by Gasteiger charge is 2.26. The van der Waals surface area contributed by atoms with Crippen LogP contribution in [0, 0.1) is 11.3 Å². The number of amidine groups is 1. The van der Waals surface area contributed by atoms with Crippen LogP contribution in [0.4, 0.5) is 0 Å². The van der Waals surface area contributed by atoms with E-state index >= 15 is 0 Å². The molecule has 0 unspecified atom stereocenters. The molecule has 3 N–H and O–H groups in total. The van der Waals surface area contributed by atoms with Gasteiger partial charge in [0.15, 0.2) is 5.84 Å². The molecule has 3 aromatic rings. The lowest BCUT2D eigenvalue weighted by Gasteiger charge is -2.21. The first-order chi connectivity index (χ1) is 24.4. The summed E-state index contributed by atoms with van der Waals surface area (Å²) < 4.78 is 5.88. The molecule has 2 atom stereocenters. The van der Waals surface area contributed by atoms with E-state index in [1.54, 1.807) is 68.6 Å². The van der Waals surface area contributed by atoms with E-state index in [0.717, 1.165) is 28.9 Å². The number of aliphatic carboxylic acids is 1. The number of rotatable bonds is 18. The molecule has 0 aliphatic heterocycles. The van der Waals surface area contributed by atoms with Gasteiger partial charge in [-0.05, 0) is 87.4 Å². The van der Waals surface area contributed by atoms with Gasteiger partial charge in [-0.3, -0.25) is 14.4 Å². The minimum absolute atomic E-state index is 0.0926. The van der Waals surface area contributed by atoms with Crippen LogP contribution in [-0.4, -0.2) is 54.1 Å². The summed E-state index contributed by atoms with van der Waals surface area (Å²) in [4.78, 5) is 46.5. The Hall–Kier alpha value is -5.56. The van der Waals surface area contributed by atoms with Crippen molar-refractivity contribution >= 4 is 35.9 Å². The number of unbranched alkanes of at least 4 members (excludes halogenated alkanes) is 4. The van der Waals surface area contributed by atoms with Crippen molar-refractivity contribution in [1.82, 2.24) is 10.6 Å². The van der Waals surface area contributed by atoms with Crippen LogP contribution >= 0.6 is 0 Å². The number of carbonyl (C=O) groups is 3. The van der Waals surface area contributed by atoms with Gasteiger partial charge in [-0.25, -0.2) is 9.98 Å². The first kappa shape index (κ1) is 39.9. The zero-order valence-corrected chi connectivity index (χ0v) is 30.2. The molecule has 0 aliphatic rings. The molecule has 3 aromatic carbocycles. The Kier molecular flexibility index (Phi) is 15.3. The highest BCUT2D eigenvalue weighted by molar-refractivity contribution is 6.02. The van der Waals surface area contributed by atoms with E-state index < -0.39 is 35.3 Å². The van der Waals surface area contributed by atoms with Gasteiger partial charge in [-0.1, -0.05) is 81.1 Å². The first-order valence-electron chi connectivity index (χ1n) is 17.3. The second-order valence-electron chi connectivity index (χ2n) is 13.0. The largest absolute Gasteiger partial charge is 0.494 e. The standard InChI is InChI=1S/C41H49N5O5/c1-7-8-9-10-11-24-51-35-22-18-31(19-23-35)28(2)26-44-37(43-6)32-14-12-30(13-15-32)25-36(39(48)45-29(3)40(49)50)46-38(47)33-16-20-34(21-17-33)41(4,5)27-42/h12-23,26,29,36H,6-11,24-25H2,1-5H3,(H,45,48)(H,46,47)(H,49,50)/b28-26+,44-37?/t29-,36+/m1/s1. The van der Waals surface area contributed by atoms with Gasteiger partial charge < -0.3 is 20.5 Å². The van der Waals surface area contributed by atoms with E-state index in [0.29, 0.717) is 29.1 Å². The van der Waals surface area contributed by atoms with Gasteiger partial charge >= 0.3 is 5.97 Å². The van der Waals surface area contributed by atoms with E-state index in [1.165, 1.54) is 32.6 Å². The normalized spacial score (nSPS) is 13.0. The van der Waals surface area contributed by atoms with Gasteiger partial charge in [0.25, 0.3) is 5.91 Å². The summed E-state index contributed by atoms with van der Waals surface area (Å²) in [5.74, 6) is -1.10. The van der Waals surface area contributed by atoms with Crippen molar-refractivity contribution in [3.63, 3.8) is 0 Å². The Morgan fingerprint density at radius 1 is 0.922 bits per heavy atom. The molecule has 0 heterocycles. The third kappa shape index (κ3) is 12.4. The molecule has 0 fully saturated rings. The number of hydrogen-bond donors (Lipinski definition) is 3. The van der Waals surface area contributed by atoms with Crippen LogP contribution in [0.25, 0.3) is 5.57 Å². The zero-order valence-electron chi connectivity index (χ0n) is 30.2. The summed E-state index contributed by atoms with van der Waals surface area (Å²) in [6.07, 6.45) is 7.78. The first-order valence-corrected chi connectivity index (χ1v) is 17.3. The van der Waals surface area contributed by atoms with Crippen molar-refractivity contribution in [3.8, 4) is 11.8 Å². The molecule has 0 bridgehead atoms. The van der Waals surface area contributed by atoms with Gasteiger partial charge in [-0.2, -0.15) is 5.26 Å². The fourth-order valence-electron chi connectivity index (χ4n) is 5.10. The number of aliphatic imine (C=N–C) groups is 2.